The van der Waals surface area contributed by atoms with Crippen LogP contribution in [-0.4, -0.2) is 50.1 Å². The van der Waals surface area contributed by atoms with E-state index in [0.717, 1.165) is 12.8 Å². The summed E-state index contributed by atoms with van der Waals surface area (Å²) in [6, 6.07) is 1.51. The largest absolute Gasteiger partial charge is 0.383 e. The van der Waals surface area contributed by atoms with Gasteiger partial charge in [-0.1, -0.05) is 0 Å². The van der Waals surface area contributed by atoms with Crippen LogP contribution >= 0.6 is 0 Å². The number of aromatic nitrogens is 1. The van der Waals surface area contributed by atoms with Crippen LogP contribution in [0.5, 0.6) is 0 Å². The van der Waals surface area contributed by atoms with Crippen molar-refractivity contribution in [3.8, 4) is 0 Å². The molecule has 0 aromatic carbocycles. The van der Waals surface area contributed by atoms with Crippen LogP contribution in [0.2, 0.25) is 0 Å². The molecule has 21 heavy (non-hydrogen) atoms. The number of carbonyl (C=O) groups is 1. The van der Waals surface area contributed by atoms with Gasteiger partial charge in [-0.05, 0) is 25.8 Å². The molecule has 1 unspecified atom stereocenters. The smallest absolute Gasteiger partial charge is 0.270 e. The molecule has 1 saturated heterocycles. The molecular weight excluding hydrogens is 294 g/mol. The van der Waals surface area contributed by atoms with Gasteiger partial charge in [-0.15, -0.1) is 0 Å². The number of methoxy groups -OCH3 is 1. The fourth-order valence-electron chi connectivity index (χ4n) is 2.57. The van der Waals surface area contributed by atoms with Crippen molar-refractivity contribution in [3.05, 3.63) is 18.0 Å². The Morgan fingerprint density at radius 1 is 1.52 bits per heavy atom. The number of ether oxygens (including phenoxy) is 1. The Labute approximate surface area is 124 Å². The SMILES string of the molecule is COCCn1cc(S(N)(=O)=O)cc1C(=O)N1CCCC1C. The average molecular weight is 315 g/mol. The molecule has 0 saturated carbocycles. The maximum absolute atomic E-state index is 12.6. The monoisotopic (exact) mass is 315 g/mol. The molecule has 7 nitrogen and oxygen atoms in total. The van der Waals surface area contributed by atoms with Crippen LogP contribution in [0.4, 0.5) is 0 Å². The quantitative estimate of drug-likeness (QED) is 0.851. The summed E-state index contributed by atoms with van der Waals surface area (Å²) in [5.74, 6) is -0.161. The molecule has 1 fully saturated rings. The Hall–Kier alpha value is -1.38. The van der Waals surface area contributed by atoms with Gasteiger partial charge in [0.15, 0.2) is 0 Å². The summed E-state index contributed by atoms with van der Waals surface area (Å²) < 4.78 is 29.6. The average Bonchev–Trinajstić information content (AvgIpc) is 3.01. The second kappa shape index (κ2) is 6.17. The normalized spacial score (nSPS) is 19.2. The van der Waals surface area contributed by atoms with E-state index in [2.05, 4.69) is 0 Å². The van der Waals surface area contributed by atoms with E-state index in [1.165, 1.54) is 12.3 Å². The molecular formula is C13H21N3O4S. The predicted octanol–water partition coefficient (Wildman–Crippen LogP) is 0.406. The minimum absolute atomic E-state index is 0.0474. The van der Waals surface area contributed by atoms with Gasteiger partial charge in [0.25, 0.3) is 5.91 Å². The van der Waals surface area contributed by atoms with Crippen molar-refractivity contribution in [2.24, 2.45) is 5.14 Å². The summed E-state index contributed by atoms with van der Waals surface area (Å²) in [7, 11) is -2.28. The first-order valence-corrected chi connectivity index (χ1v) is 8.42. The highest BCUT2D eigenvalue weighted by atomic mass is 32.2. The Balaban J connectivity index is 2.35. The third kappa shape index (κ3) is 3.45. The first-order chi connectivity index (χ1) is 9.84. The van der Waals surface area contributed by atoms with Crippen LogP contribution in [0.3, 0.4) is 0 Å². The van der Waals surface area contributed by atoms with Crippen LogP contribution in [0.15, 0.2) is 17.2 Å². The fraction of sp³-hybridized carbons (Fsp3) is 0.615. The second-order valence-corrected chi connectivity index (χ2v) is 6.84. The molecule has 1 aromatic rings. The van der Waals surface area contributed by atoms with Gasteiger partial charge in [0.2, 0.25) is 10.0 Å². The molecule has 0 bridgehead atoms. The molecule has 2 N–H and O–H groups in total. The maximum Gasteiger partial charge on any atom is 0.270 e. The summed E-state index contributed by atoms with van der Waals surface area (Å²) in [6.07, 6.45) is 3.32. The zero-order valence-electron chi connectivity index (χ0n) is 12.3. The van der Waals surface area contributed by atoms with Crippen LogP contribution < -0.4 is 5.14 Å². The second-order valence-electron chi connectivity index (χ2n) is 5.28. The molecule has 1 aromatic heterocycles. The lowest BCUT2D eigenvalue weighted by atomic mass is 10.2. The highest BCUT2D eigenvalue weighted by molar-refractivity contribution is 7.89. The Bertz CT molecular complexity index is 623. The molecule has 2 heterocycles. The Morgan fingerprint density at radius 3 is 2.76 bits per heavy atom. The number of likely N-dealkylation sites (tertiary alicyclic amines) is 1. The van der Waals surface area contributed by atoms with E-state index in [1.54, 1.807) is 16.6 Å². The van der Waals surface area contributed by atoms with E-state index in [0.29, 0.717) is 25.4 Å². The summed E-state index contributed by atoms with van der Waals surface area (Å²) in [5, 5.41) is 5.15. The lowest BCUT2D eigenvalue weighted by molar-refractivity contribution is 0.0734. The highest BCUT2D eigenvalue weighted by Gasteiger charge is 2.29. The zero-order valence-corrected chi connectivity index (χ0v) is 13.1. The van der Waals surface area contributed by atoms with Crippen molar-refractivity contribution < 1.29 is 17.9 Å². The maximum atomic E-state index is 12.6. The number of hydrogen-bond acceptors (Lipinski definition) is 4. The Morgan fingerprint density at radius 2 is 2.24 bits per heavy atom. The summed E-state index contributed by atoms with van der Waals surface area (Å²) in [5.41, 5.74) is 0.338. The van der Waals surface area contributed by atoms with E-state index in [-0.39, 0.29) is 16.8 Å². The number of primary sulfonamides is 1. The van der Waals surface area contributed by atoms with Crippen LogP contribution in [0.1, 0.15) is 30.3 Å². The lowest BCUT2D eigenvalue weighted by Crippen LogP contribution is -2.35. The van der Waals surface area contributed by atoms with Crippen molar-refractivity contribution >= 4 is 15.9 Å². The van der Waals surface area contributed by atoms with E-state index < -0.39 is 10.0 Å². The number of amides is 1. The van der Waals surface area contributed by atoms with E-state index in [9.17, 15) is 13.2 Å². The van der Waals surface area contributed by atoms with Crippen LogP contribution in [0.25, 0.3) is 0 Å². The van der Waals surface area contributed by atoms with Gasteiger partial charge in [0.1, 0.15) is 10.6 Å². The predicted molar refractivity (Wildman–Crippen MR) is 77.4 cm³/mol. The third-order valence-corrected chi connectivity index (χ3v) is 4.65. The zero-order chi connectivity index (χ0) is 15.6. The van der Waals surface area contributed by atoms with Crippen LogP contribution in [0, 0.1) is 0 Å². The number of carbonyl (C=O) groups excluding carboxylic acids is 1. The lowest BCUT2D eigenvalue weighted by Gasteiger charge is -2.22. The molecule has 1 amide bonds. The van der Waals surface area contributed by atoms with Gasteiger partial charge in [0.05, 0.1) is 6.61 Å². The first-order valence-electron chi connectivity index (χ1n) is 6.87. The Kier molecular flexibility index (Phi) is 4.70. The minimum atomic E-state index is -3.83. The summed E-state index contributed by atoms with van der Waals surface area (Å²) in [4.78, 5) is 14.3. The molecule has 0 radical (unpaired) electrons. The number of sulfonamides is 1. The summed E-state index contributed by atoms with van der Waals surface area (Å²) in [6.45, 7) is 3.47. The molecule has 2 rings (SSSR count). The molecule has 118 valence electrons. The van der Waals surface area contributed by atoms with Crippen molar-refractivity contribution in [2.45, 2.75) is 37.2 Å². The van der Waals surface area contributed by atoms with Gasteiger partial charge in [-0.2, -0.15) is 0 Å². The van der Waals surface area contributed by atoms with Gasteiger partial charge in [-0.25, -0.2) is 13.6 Å². The molecule has 1 aliphatic rings. The van der Waals surface area contributed by atoms with Crippen molar-refractivity contribution in [2.75, 3.05) is 20.3 Å². The van der Waals surface area contributed by atoms with Crippen LogP contribution in [-0.2, 0) is 21.3 Å². The number of rotatable bonds is 5. The highest BCUT2D eigenvalue weighted by Crippen LogP contribution is 2.22. The number of nitrogens with zero attached hydrogens (tertiary/aromatic N) is 2. The molecule has 1 aliphatic heterocycles. The fourth-order valence-corrected chi connectivity index (χ4v) is 3.13. The third-order valence-electron chi connectivity index (χ3n) is 3.77. The molecule has 0 aliphatic carbocycles. The molecule has 1 atom stereocenters. The number of nitrogens with two attached hydrogens (primary N) is 1. The standard InChI is InChI=1S/C13H21N3O4S/c1-10-4-3-5-16(10)13(17)12-8-11(21(14,18)19)9-15(12)6-7-20-2/h8-10H,3-7H2,1-2H3,(H2,14,18,19). The van der Waals surface area contributed by atoms with Crippen molar-refractivity contribution in [1.29, 1.82) is 0 Å². The van der Waals surface area contributed by atoms with Gasteiger partial charge >= 0.3 is 0 Å². The van der Waals surface area contributed by atoms with Crippen molar-refractivity contribution in [1.82, 2.24) is 9.47 Å². The van der Waals surface area contributed by atoms with Gasteiger partial charge < -0.3 is 14.2 Å². The molecule has 8 heteroatoms. The first kappa shape index (κ1) is 16.0. The minimum Gasteiger partial charge on any atom is -0.383 e. The van der Waals surface area contributed by atoms with Gasteiger partial charge in [0, 0.05) is 32.4 Å². The molecule has 0 spiro atoms. The topological polar surface area (TPSA) is 94.6 Å². The van der Waals surface area contributed by atoms with E-state index in [1.807, 2.05) is 6.92 Å². The number of hydrogen-bond donors (Lipinski definition) is 1. The van der Waals surface area contributed by atoms with Crippen molar-refractivity contribution in [3.63, 3.8) is 0 Å². The van der Waals surface area contributed by atoms with E-state index in [4.69, 9.17) is 9.88 Å². The van der Waals surface area contributed by atoms with E-state index >= 15 is 0 Å². The summed E-state index contributed by atoms with van der Waals surface area (Å²) >= 11 is 0. The van der Waals surface area contributed by atoms with Gasteiger partial charge in [-0.3, -0.25) is 4.79 Å².